The molecule has 3 N–H and O–H groups in total. The molecule has 82 valence electrons. The van der Waals surface area contributed by atoms with Gasteiger partial charge in [0.15, 0.2) is 0 Å². The zero-order valence-electron chi connectivity index (χ0n) is 8.26. The summed E-state index contributed by atoms with van der Waals surface area (Å²) in [6.07, 6.45) is 0. The fourth-order valence-electron chi connectivity index (χ4n) is 1.06. The fourth-order valence-corrected chi connectivity index (χ4v) is 1.29. The monoisotopic (exact) mass is 230 g/mol. The van der Waals surface area contributed by atoms with Crippen LogP contribution in [0, 0.1) is 5.82 Å². The third kappa shape index (κ3) is 3.18. The largest absolute Gasteiger partial charge is 0.368 e. The number of benzene rings is 1. The Bertz CT molecular complexity index is 350. The Kier molecular flexibility index (Phi) is 4.05. The lowest BCUT2D eigenvalue weighted by Gasteiger charge is -2.11. The Balaban J connectivity index is 2.69. The minimum Gasteiger partial charge on any atom is -0.368 e. The minimum atomic E-state index is -0.513. The van der Waals surface area contributed by atoms with Crippen LogP contribution in [-0.2, 0) is 11.3 Å². The zero-order chi connectivity index (χ0) is 11.4. The van der Waals surface area contributed by atoms with Crippen LogP contribution in [-0.4, -0.2) is 11.9 Å². The lowest BCUT2D eigenvalue weighted by molar-refractivity contribution is -0.119. The summed E-state index contributed by atoms with van der Waals surface area (Å²) in [5.74, 6) is -0.880. The van der Waals surface area contributed by atoms with Gasteiger partial charge < -0.3 is 11.1 Å². The number of hydrogen-bond donors (Lipinski definition) is 2. The van der Waals surface area contributed by atoms with E-state index >= 15 is 0 Å². The van der Waals surface area contributed by atoms with E-state index < -0.39 is 17.8 Å². The summed E-state index contributed by atoms with van der Waals surface area (Å²) in [4.78, 5) is 10.7. The van der Waals surface area contributed by atoms with Gasteiger partial charge in [-0.3, -0.25) is 4.79 Å². The molecule has 15 heavy (non-hydrogen) atoms. The Morgan fingerprint density at radius 1 is 1.67 bits per heavy atom. The molecule has 0 saturated carbocycles. The average molecular weight is 231 g/mol. The van der Waals surface area contributed by atoms with Crippen molar-refractivity contribution in [3.8, 4) is 0 Å². The van der Waals surface area contributed by atoms with Crippen LogP contribution in [0.15, 0.2) is 18.2 Å². The number of carbonyl (C=O) groups is 1. The number of hydrogen-bond acceptors (Lipinski definition) is 2. The zero-order valence-corrected chi connectivity index (χ0v) is 9.01. The van der Waals surface area contributed by atoms with E-state index in [1.807, 2.05) is 0 Å². The smallest absolute Gasteiger partial charge is 0.234 e. The maximum atomic E-state index is 13.3. The molecule has 0 aliphatic heterocycles. The van der Waals surface area contributed by atoms with E-state index in [2.05, 4.69) is 5.32 Å². The maximum Gasteiger partial charge on any atom is 0.234 e. The van der Waals surface area contributed by atoms with Gasteiger partial charge in [0, 0.05) is 17.1 Å². The summed E-state index contributed by atoms with van der Waals surface area (Å²) in [6.45, 7) is 1.78. The predicted molar refractivity (Wildman–Crippen MR) is 56.9 cm³/mol. The maximum absolute atomic E-state index is 13.3. The SMILES string of the molecule is CC(NCc1c(F)cccc1Cl)C(N)=O. The van der Waals surface area contributed by atoms with Crippen molar-refractivity contribution < 1.29 is 9.18 Å². The Labute approximate surface area is 92.4 Å². The van der Waals surface area contributed by atoms with Gasteiger partial charge in [-0.2, -0.15) is 0 Å². The number of primary amides is 1. The van der Waals surface area contributed by atoms with Crippen molar-refractivity contribution in [2.45, 2.75) is 19.5 Å². The predicted octanol–water partition coefficient (Wildman–Crippen LogP) is 1.44. The number of halogens is 2. The minimum absolute atomic E-state index is 0.176. The standard InChI is InChI=1S/C10H12ClFN2O/c1-6(10(13)15)14-5-7-8(11)3-2-4-9(7)12/h2-4,6,14H,5H2,1H3,(H2,13,15). The summed E-state index contributed by atoms with van der Waals surface area (Å²) in [7, 11) is 0. The molecular weight excluding hydrogens is 219 g/mol. The molecule has 0 bridgehead atoms. The van der Waals surface area contributed by atoms with Crippen LogP contribution in [0.5, 0.6) is 0 Å². The van der Waals surface area contributed by atoms with Gasteiger partial charge in [-0.15, -0.1) is 0 Å². The Hall–Kier alpha value is -1.13. The number of carbonyl (C=O) groups excluding carboxylic acids is 1. The normalized spacial score (nSPS) is 12.5. The molecule has 1 aromatic carbocycles. The molecule has 0 aliphatic rings. The van der Waals surface area contributed by atoms with Crippen LogP contribution in [0.4, 0.5) is 4.39 Å². The summed E-state index contributed by atoms with van der Waals surface area (Å²) in [5, 5.41) is 3.11. The van der Waals surface area contributed by atoms with Gasteiger partial charge in [0.1, 0.15) is 5.82 Å². The molecule has 1 unspecified atom stereocenters. The van der Waals surface area contributed by atoms with E-state index in [1.54, 1.807) is 13.0 Å². The highest BCUT2D eigenvalue weighted by atomic mass is 35.5. The van der Waals surface area contributed by atoms with E-state index in [1.165, 1.54) is 12.1 Å². The molecule has 0 aromatic heterocycles. The second-order valence-electron chi connectivity index (χ2n) is 3.21. The van der Waals surface area contributed by atoms with Crippen LogP contribution in [0.2, 0.25) is 5.02 Å². The van der Waals surface area contributed by atoms with E-state index in [9.17, 15) is 9.18 Å². The third-order valence-electron chi connectivity index (χ3n) is 2.07. The molecular formula is C10H12ClFN2O. The highest BCUT2D eigenvalue weighted by Gasteiger charge is 2.11. The lowest BCUT2D eigenvalue weighted by atomic mass is 10.2. The average Bonchev–Trinajstić information content (AvgIpc) is 2.16. The van der Waals surface area contributed by atoms with Crippen molar-refractivity contribution in [1.29, 1.82) is 0 Å². The molecule has 0 radical (unpaired) electrons. The van der Waals surface area contributed by atoms with Gasteiger partial charge >= 0.3 is 0 Å². The van der Waals surface area contributed by atoms with E-state index in [-0.39, 0.29) is 6.54 Å². The van der Waals surface area contributed by atoms with Crippen molar-refractivity contribution in [3.63, 3.8) is 0 Å². The molecule has 0 saturated heterocycles. The first-order valence-electron chi connectivity index (χ1n) is 4.48. The van der Waals surface area contributed by atoms with Gasteiger partial charge in [-0.1, -0.05) is 17.7 Å². The highest BCUT2D eigenvalue weighted by molar-refractivity contribution is 6.31. The molecule has 0 fully saturated rings. The molecule has 1 amide bonds. The van der Waals surface area contributed by atoms with Gasteiger partial charge in [-0.25, -0.2) is 4.39 Å². The van der Waals surface area contributed by atoms with Crippen molar-refractivity contribution in [3.05, 3.63) is 34.6 Å². The molecule has 5 heteroatoms. The molecule has 3 nitrogen and oxygen atoms in total. The van der Waals surface area contributed by atoms with Crippen molar-refractivity contribution >= 4 is 17.5 Å². The van der Waals surface area contributed by atoms with Crippen LogP contribution < -0.4 is 11.1 Å². The Morgan fingerprint density at radius 2 is 2.33 bits per heavy atom. The fraction of sp³-hybridized carbons (Fsp3) is 0.300. The van der Waals surface area contributed by atoms with Crippen molar-refractivity contribution in [2.75, 3.05) is 0 Å². The number of rotatable bonds is 4. The van der Waals surface area contributed by atoms with E-state index in [0.717, 1.165) is 0 Å². The third-order valence-corrected chi connectivity index (χ3v) is 2.43. The summed E-state index contributed by atoms with van der Waals surface area (Å²) >= 11 is 5.80. The molecule has 0 aliphatic carbocycles. The molecule has 1 aromatic rings. The van der Waals surface area contributed by atoms with Crippen molar-refractivity contribution in [1.82, 2.24) is 5.32 Å². The summed E-state index contributed by atoms with van der Waals surface area (Å²) in [6, 6.07) is 3.92. The molecule has 1 atom stereocenters. The van der Waals surface area contributed by atoms with E-state index in [4.69, 9.17) is 17.3 Å². The quantitative estimate of drug-likeness (QED) is 0.823. The molecule has 0 heterocycles. The van der Waals surface area contributed by atoms with Gasteiger partial charge in [0.2, 0.25) is 5.91 Å². The molecule has 1 rings (SSSR count). The highest BCUT2D eigenvalue weighted by Crippen LogP contribution is 2.18. The van der Waals surface area contributed by atoms with Crippen LogP contribution in [0.1, 0.15) is 12.5 Å². The topological polar surface area (TPSA) is 55.1 Å². The van der Waals surface area contributed by atoms with E-state index in [0.29, 0.717) is 10.6 Å². The Morgan fingerprint density at radius 3 is 2.87 bits per heavy atom. The van der Waals surface area contributed by atoms with Crippen molar-refractivity contribution in [2.24, 2.45) is 5.73 Å². The summed E-state index contributed by atoms with van der Waals surface area (Å²) < 4.78 is 13.3. The first-order valence-corrected chi connectivity index (χ1v) is 4.85. The van der Waals surface area contributed by atoms with Gasteiger partial charge in [0.25, 0.3) is 0 Å². The summed E-state index contributed by atoms with van der Waals surface area (Å²) in [5.41, 5.74) is 5.39. The second kappa shape index (κ2) is 5.09. The van der Waals surface area contributed by atoms with Crippen LogP contribution in [0.3, 0.4) is 0 Å². The van der Waals surface area contributed by atoms with Gasteiger partial charge in [-0.05, 0) is 19.1 Å². The lowest BCUT2D eigenvalue weighted by Crippen LogP contribution is -2.38. The van der Waals surface area contributed by atoms with Crippen LogP contribution in [0.25, 0.3) is 0 Å². The first-order chi connectivity index (χ1) is 7.02. The van der Waals surface area contributed by atoms with Crippen LogP contribution >= 0.6 is 11.6 Å². The number of nitrogens with one attached hydrogen (secondary N) is 1. The number of nitrogens with two attached hydrogens (primary N) is 1. The van der Waals surface area contributed by atoms with Gasteiger partial charge in [0.05, 0.1) is 6.04 Å². The molecule has 0 spiro atoms. The first kappa shape index (κ1) is 11.9. The number of amides is 1. The second-order valence-corrected chi connectivity index (χ2v) is 3.61.